The van der Waals surface area contributed by atoms with Crippen LogP contribution in [0.2, 0.25) is 0 Å². The smallest absolute Gasteiger partial charge is 0.203 e. The number of phenols is 2. The summed E-state index contributed by atoms with van der Waals surface area (Å²) in [7, 11) is 4.47. The molecule has 0 saturated carbocycles. The molecule has 0 fully saturated rings. The topological polar surface area (TPSA) is 77.4 Å². The fourth-order valence-corrected chi connectivity index (χ4v) is 2.96. The standard InChI is InChI=1S/C18H20O6/c1-21-14-7-5-10-4-6-13(24-17(10)16(14)20)11-8-12(19)18(23-3)15(9-11)22-2/h5,7-9,13,19-20H,4,6H2,1-3H3/t13-/m0/s1. The predicted molar refractivity (Wildman–Crippen MR) is 87.6 cm³/mol. The Morgan fingerprint density at radius 3 is 2.42 bits per heavy atom. The number of phenolic OH excluding ortho intramolecular Hbond substituents is 2. The van der Waals surface area contributed by atoms with E-state index in [1.54, 1.807) is 18.2 Å². The summed E-state index contributed by atoms with van der Waals surface area (Å²) in [6.45, 7) is 0. The monoisotopic (exact) mass is 332 g/mol. The molecule has 0 unspecified atom stereocenters. The number of fused-ring (bicyclic) bond motifs is 1. The highest BCUT2D eigenvalue weighted by Gasteiger charge is 2.27. The van der Waals surface area contributed by atoms with Gasteiger partial charge in [0, 0.05) is 0 Å². The van der Waals surface area contributed by atoms with Gasteiger partial charge in [-0.2, -0.15) is 0 Å². The van der Waals surface area contributed by atoms with Crippen molar-refractivity contribution >= 4 is 0 Å². The highest BCUT2D eigenvalue weighted by molar-refractivity contribution is 5.57. The van der Waals surface area contributed by atoms with Gasteiger partial charge < -0.3 is 29.2 Å². The van der Waals surface area contributed by atoms with E-state index < -0.39 is 0 Å². The van der Waals surface area contributed by atoms with Crippen molar-refractivity contribution in [3.05, 3.63) is 35.4 Å². The molecule has 2 N–H and O–H groups in total. The molecule has 3 rings (SSSR count). The van der Waals surface area contributed by atoms with Crippen LogP contribution in [0.25, 0.3) is 0 Å². The molecule has 1 atom stereocenters. The molecule has 0 radical (unpaired) electrons. The van der Waals surface area contributed by atoms with Crippen LogP contribution in [0.1, 0.15) is 23.7 Å². The number of aromatic hydroxyl groups is 2. The van der Waals surface area contributed by atoms with Gasteiger partial charge in [0.15, 0.2) is 23.0 Å². The molecular weight excluding hydrogens is 312 g/mol. The van der Waals surface area contributed by atoms with Crippen molar-refractivity contribution in [1.82, 2.24) is 0 Å². The van der Waals surface area contributed by atoms with Gasteiger partial charge in [-0.15, -0.1) is 0 Å². The van der Waals surface area contributed by atoms with Crippen molar-refractivity contribution in [3.8, 4) is 34.5 Å². The number of benzene rings is 2. The average Bonchev–Trinajstić information content (AvgIpc) is 2.61. The first-order valence-electron chi connectivity index (χ1n) is 7.59. The minimum Gasteiger partial charge on any atom is -0.504 e. The number of aryl methyl sites for hydroxylation is 1. The van der Waals surface area contributed by atoms with Crippen LogP contribution in [0.15, 0.2) is 24.3 Å². The van der Waals surface area contributed by atoms with E-state index in [0.29, 0.717) is 23.7 Å². The van der Waals surface area contributed by atoms with Gasteiger partial charge in [0.2, 0.25) is 11.5 Å². The van der Waals surface area contributed by atoms with Crippen LogP contribution in [-0.4, -0.2) is 31.5 Å². The van der Waals surface area contributed by atoms with E-state index in [1.165, 1.54) is 21.3 Å². The minimum absolute atomic E-state index is 0.00982. The molecule has 0 amide bonds. The predicted octanol–water partition coefficient (Wildman–Crippen LogP) is 3.19. The third kappa shape index (κ3) is 2.64. The van der Waals surface area contributed by atoms with Crippen molar-refractivity contribution in [3.63, 3.8) is 0 Å². The normalized spacial score (nSPS) is 16.0. The summed E-state index contributed by atoms with van der Waals surface area (Å²) in [6, 6.07) is 6.97. The SMILES string of the molecule is COc1ccc2c(c1O)O[C@H](c1cc(O)c(OC)c(OC)c1)CC2. The quantitative estimate of drug-likeness (QED) is 0.895. The fraction of sp³-hybridized carbons (Fsp3) is 0.333. The van der Waals surface area contributed by atoms with Gasteiger partial charge in [0.25, 0.3) is 0 Å². The number of methoxy groups -OCH3 is 3. The molecular formula is C18H20O6. The summed E-state index contributed by atoms with van der Waals surface area (Å²) in [6.07, 6.45) is 1.14. The zero-order valence-electron chi connectivity index (χ0n) is 13.8. The summed E-state index contributed by atoms with van der Waals surface area (Å²) in [5.41, 5.74) is 1.67. The lowest BCUT2D eigenvalue weighted by Crippen LogP contribution is -2.15. The third-order valence-electron chi connectivity index (χ3n) is 4.19. The number of ether oxygens (including phenoxy) is 4. The Balaban J connectivity index is 1.97. The lowest BCUT2D eigenvalue weighted by molar-refractivity contribution is 0.166. The highest BCUT2D eigenvalue weighted by Crippen LogP contribution is 2.47. The molecule has 1 aliphatic heterocycles. The number of rotatable bonds is 4. The van der Waals surface area contributed by atoms with Crippen molar-refractivity contribution in [2.45, 2.75) is 18.9 Å². The molecule has 0 saturated heterocycles. The zero-order valence-corrected chi connectivity index (χ0v) is 13.8. The van der Waals surface area contributed by atoms with Crippen LogP contribution in [0.5, 0.6) is 34.5 Å². The van der Waals surface area contributed by atoms with Crippen molar-refractivity contribution in [2.75, 3.05) is 21.3 Å². The second-order valence-corrected chi connectivity index (χ2v) is 5.53. The molecule has 0 aliphatic carbocycles. The maximum absolute atomic E-state index is 10.3. The van der Waals surface area contributed by atoms with Gasteiger partial charge in [0.1, 0.15) is 6.10 Å². The molecule has 0 aromatic heterocycles. The fourth-order valence-electron chi connectivity index (χ4n) is 2.96. The van der Waals surface area contributed by atoms with Crippen molar-refractivity contribution < 1.29 is 29.2 Å². The van der Waals surface area contributed by atoms with Crippen LogP contribution in [0.4, 0.5) is 0 Å². The summed E-state index contributed by atoms with van der Waals surface area (Å²) < 4.78 is 21.5. The Bertz CT molecular complexity index is 756. The van der Waals surface area contributed by atoms with E-state index in [4.69, 9.17) is 18.9 Å². The Morgan fingerprint density at radius 1 is 1.00 bits per heavy atom. The molecule has 0 bridgehead atoms. The van der Waals surface area contributed by atoms with Gasteiger partial charge in [-0.05, 0) is 42.2 Å². The maximum Gasteiger partial charge on any atom is 0.203 e. The molecule has 2 aromatic rings. The molecule has 24 heavy (non-hydrogen) atoms. The molecule has 0 spiro atoms. The van der Waals surface area contributed by atoms with Crippen molar-refractivity contribution in [1.29, 1.82) is 0 Å². The van der Waals surface area contributed by atoms with Crippen LogP contribution in [-0.2, 0) is 6.42 Å². The van der Waals surface area contributed by atoms with Gasteiger partial charge in [0.05, 0.1) is 21.3 Å². The average molecular weight is 332 g/mol. The van der Waals surface area contributed by atoms with Crippen LogP contribution in [0.3, 0.4) is 0 Å². The van der Waals surface area contributed by atoms with E-state index >= 15 is 0 Å². The second kappa shape index (κ2) is 6.39. The number of hydrogen-bond acceptors (Lipinski definition) is 6. The van der Waals surface area contributed by atoms with Crippen LogP contribution in [0, 0.1) is 0 Å². The van der Waals surface area contributed by atoms with Crippen LogP contribution >= 0.6 is 0 Å². The van der Waals surface area contributed by atoms with Gasteiger partial charge in [-0.25, -0.2) is 0 Å². The van der Waals surface area contributed by atoms with Crippen LogP contribution < -0.4 is 18.9 Å². The Kier molecular flexibility index (Phi) is 4.29. The van der Waals surface area contributed by atoms with Gasteiger partial charge >= 0.3 is 0 Å². The lowest BCUT2D eigenvalue weighted by Gasteiger charge is -2.28. The van der Waals surface area contributed by atoms with Crippen molar-refractivity contribution in [2.24, 2.45) is 0 Å². The van der Waals surface area contributed by atoms with E-state index in [9.17, 15) is 10.2 Å². The van der Waals surface area contributed by atoms with Gasteiger partial charge in [-0.1, -0.05) is 6.07 Å². The first-order chi connectivity index (χ1) is 11.6. The van der Waals surface area contributed by atoms with E-state index in [-0.39, 0.29) is 23.4 Å². The van der Waals surface area contributed by atoms with Gasteiger partial charge in [-0.3, -0.25) is 0 Å². The Hall–Kier alpha value is -2.76. The van der Waals surface area contributed by atoms with E-state index in [1.807, 2.05) is 6.07 Å². The lowest BCUT2D eigenvalue weighted by atomic mass is 9.96. The Labute approximate surface area is 140 Å². The highest BCUT2D eigenvalue weighted by atomic mass is 16.5. The first kappa shape index (κ1) is 16.1. The van der Waals surface area contributed by atoms with E-state index in [2.05, 4.69) is 0 Å². The largest absolute Gasteiger partial charge is 0.504 e. The molecule has 1 aliphatic rings. The molecule has 128 valence electrons. The first-order valence-corrected chi connectivity index (χ1v) is 7.59. The maximum atomic E-state index is 10.3. The minimum atomic E-state index is -0.318. The molecule has 6 nitrogen and oxygen atoms in total. The molecule has 2 aromatic carbocycles. The molecule has 1 heterocycles. The summed E-state index contributed by atoms with van der Waals surface area (Å²) in [4.78, 5) is 0. The summed E-state index contributed by atoms with van der Waals surface area (Å²) in [5.74, 6) is 1.46. The second-order valence-electron chi connectivity index (χ2n) is 5.53. The van der Waals surface area contributed by atoms with E-state index in [0.717, 1.165) is 17.5 Å². The number of hydrogen-bond donors (Lipinski definition) is 2. The third-order valence-corrected chi connectivity index (χ3v) is 4.19. The Morgan fingerprint density at radius 2 is 1.75 bits per heavy atom. The zero-order chi connectivity index (χ0) is 17.3. The summed E-state index contributed by atoms with van der Waals surface area (Å²) >= 11 is 0. The summed E-state index contributed by atoms with van der Waals surface area (Å²) in [5, 5.41) is 20.4. The molecule has 6 heteroatoms.